The number of aromatic nitrogens is 2. The average Bonchev–Trinajstić information content (AvgIpc) is 3.20. The topological polar surface area (TPSA) is 85.7 Å². The van der Waals surface area contributed by atoms with Gasteiger partial charge in [-0.15, -0.1) is 0 Å². The molecule has 2 aromatic rings. The Labute approximate surface area is 170 Å². The van der Waals surface area contributed by atoms with Crippen LogP contribution in [-0.4, -0.2) is 59.8 Å². The standard InChI is InChI=1S/C21H28N4O4/c1-24(28-2)21(27)18-13-17-8-4-3-7-16(17)9-5-11-29-12-6-10-25-15-22-14-19(25)20(26)23-18/h3-4,7-8,14-15,18H,5-6,9-13H2,1-2H3,(H,23,26)/t18-/m0/s1. The first-order valence-corrected chi connectivity index (χ1v) is 9.87. The number of carbonyl (C=O) groups is 2. The maximum atomic E-state index is 12.9. The van der Waals surface area contributed by atoms with E-state index in [0.29, 0.717) is 31.9 Å². The molecule has 0 saturated heterocycles. The lowest BCUT2D eigenvalue weighted by Gasteiger charge is -2.24. The van der Waals surface area contributed by atoms with Crippen molar-refractivity contribution in [2.45, 2.75) is 38.3 Å². The van der Waals surface area contributed by atoms with Crippen molar-refractivity contribution < 1.29 is 19.2 Å². The van der Waals surface area contributed by atoms with Gasteiger partial charge in [-0.2, -0.15) is 0 Å². The van der Waals surface area contributed by atoms with Gasteiger partial charge in [-0.25, -0.2) is 10.0 Å². The van der Waals surface area contributed by atoms with Crippen LogP contribution >= 0.6 is 0 Å². The van der Waals surface area contributed by atoms with E-state index in [1.165, 1.54) is 20.4 Å². The fourth-order valence-corrected chi connectivity index (χ4v) is 3.45. The van der Waals surface area contributed by atoms with Gasteiger partial charge in [-0.1, -0.05) is 24.3 Å². The van der Waals surface area contributed by atoms with E-state index in [9.17, 15) is 9.59 Å². The molecule has 1 aromatic heterocycles. The molecule has 0 saturated carbocycles. The number of amides is 2. The van der Waals surface area contributed by atoms with Crippen LogP contribution < -0.4 is 5.32 Å². The zero-order valence-corrected chi connectivity index (χ0v) is 17.0. The van der Waals surface area contributed by atoms with Gasteiger partial charge in [0.2, 0.25) is 0 Å². The molecule has 2 amide bonds. The number of nitrogens with one attached hydrogen (secondary N) is 1. The lowest BCUT2D eigenvalue weighted by molar-refractivity contribution is -0.170. The van der Waals surface area contributed by atoms with E-state index in [1.54, 1.807) is 10.9 Å². The van der Waals surface area contributed by atoms with Crippen molar-refractivity contribution >= 4 is 11.8 Å². The average molecular weight is 400 g/mol. The Kier molecular flexibility index (Phi) is 7.37. The normalized spacial score (nSPS) is 18.6. The van der Waals surface area contributed by atoms with Gasteiger partial charge in [0.15, 0.2) is 0 Å². The Morgan fingerprint density at radius 2 is 2.03 bits per heavy atom. The SMILES string of the molecule is CON(C)C(=O)[C@@H]1Cc2ccccc2CCCOCCCn2cncc2C(=O)N1. The molecule has 8 nitrogen and oxygen atoms in total. The molecule has 0 unspecified atom stereocenters. The summed E-state index contributed by atoms with van der Waals surface area (Å²) < 4.78 is 7.52. The smallest absolute Gasteiger partial charge is 0.270 e. The van der Waals surface area contributed by atoms with Crippen LogP contribution in [0.5, 0.6) is 0 Å². The summed E-state index contributed by atoms with van der Waals surface area (Å²) in [6, 6.07) is 7.24. The number of nitrogens with zero attached hydrogens (tertiary/aromatic N) is 3. The molecule has 0 radical (unpaired) electrons. The number of hydrogen-bond acceptors (Lipinski definition) is 5. The number of fused-ring (bicyclic) bond motifs is 2. The summed E-state index contributed by atoms with van der Waals surface area (Å²) in [6.45, 7) is 1.93. The largest absolute Gasteiger partial charge is 0.381 e. The van der Waals surface area contributed by atoms with Crippen molar-refractivity contribution in [3.8, 4) is 0 Å². The molecule has 0 bridgehead atoms. The van der Waals surface area contributed by atoms with Gasteiger partial charge in [0, 0.05) is 33.2 Å². The summed E-state index contributed by atoms with van der Waals surface area (Å²) in [7, 11) is 2.97. The van der Waals surface area contributed by atoms with Crippen LogP contribution in [0.15, 0.2) is 36.8 Å². The van der Waals surface area contributed by atoms with Crippen LogP contribution in [0.1, 0.15) is 34.5 Å². The fraction of sp³-hybridized carbons (Fsp3) is 0.476. The van der Waals surface area contributed by atoms with E-state index in [-0.39, 0.29) is 11.8 Å². The first kappa shape index (κ1) is 21.0. The van der Waals surface area contributed by atoms with Crippen molar-refractivity contribution in [2.75, 3.05) is 27.4 Å². The molecule has 29 heavy (non-hydrogen) atoms. The van der Waals surface area contributed by atoms with Crippen LogP contribution in [0.4, 0.5) is 0 Å². The number of rotatable bonds is 2. The minimum Gasteiger partial charge on any atom is -0.381 e. The highest BCUT2D eigenvalue weighted by Crippen LogP contribution is 2.16. The number of hydroxylamine groups is 2. The summed E-state index contributed by atoms with van der Waals surface area (Å²) in [5.74, 6) is -0.645. The summed E-state index contributed by atoms with van der Waals surface area (Å²) in [5.41, 5.74) is 2.60. The number of likely N-dealkylation sites (N-methyl/N-ethyl adjacent to an activating group) is 1. The molecule has 1 aliphatic heterocycles. The highest BCUT2D eigenvalue weighted by molar-refractivity contribution is 5.96. The van der Waals surface area contributed by atoms with Gasteiger partial charge in [0.05, 0.1) is 19.6 Å². The molecule has 1 atom stereocenters. The van der Waals surface area contributed by atoms with Crippen LogP contribution in [0, 0.1) is 0 Å². The molecule has 0 spiro atoms. The molecule has 1 aliphatic rings. The van der Waals surface area contributed by atoms with Gasteiger partial charge in [0.25, 0.3) is 11.8 Å². The fourth-order valence-electron chi connectivity index (χ4n) is 3.45. The number of imidazole rings is 1. The molecule has 0 aliphatic carbocycles. The summed E-state index contributed by atoms with van der Waals surface area (Å²) >= 11 is 0. The predicted octanol–water partition coefficient (Wildman–Crippen LogP) is 1.60. The highest BCUT2D eigenvalue weighted by Gasteiger charge is 2.27. The Hall–Kier alpha value is -2.71. The van der Waals surface area contributed by atoms with Gasteiger partial charge >= 0.3 is 0 Å². The molecular formula is C21H28N4O4. The van der Waals surface area contributed by atoms with Gasteiger partial charge in [-0.05, 0) is 30.4 Å². The second-order valence-electron chi connectivity index (χ2n) is 7.06. The van der Waals surface area contributed by atoms with E-state index in [0.717, 1.165) is 35.5 Å². The molecular weight excluding hydrogens is 372 g/mol. The van der Waals surface area contributed by atoms with Gasteiger partial charge in [-0.3, -0.25) is 14.4 Å². The first-order chi connectivity index (χ1) is 14.1. The van der Waals surface area contributed by atoms with Crippen molar-refractivity contribution in [3.05, 3.63) is 53.6 Å². The van der Waals surface area contributed by atoms with E-state index >= 15 is 0 Å². The third-order valence-corrected chi connectivity index (χ3v) is 5.10. The Balaban J connectivity index is 1.91. The maximum absolute atomic E-state index is 12.9. The van der Waals surface area contributed by atoms with Crippen molar-refractivity contribution in [1.82, 2.24) is 19.9 Å². The quantitative estimate of drug-likeness (QED) is 0.774. The first-order valence-electron chi connectivity index (χ1n) is 9.87. The van der Waals surface area contributed by atoms with E-state index in [4.69, 9.17) is 9.57 Å². The zero-order valence-electron chi connectivity index (χ0n) is 17.0. The third kappa shape index (κ3) is 5.42. The number of carbonyl (C=O) groups excluding carboxylic acids is 2. The Bertz CT molecular complexity index is 836. The molecule has 8 heteroatoms. The number of aryl methyl sites for hydroxylation is 2. The van der Waals surface area contributed by atoms with Crippen LogP contribution in [0.2, 0.25) is 0 Å². The molecule has 3 rings (SSSR count). The number of benzene rings is 1. The minimum atomic E-state index is -0.752. The molecule has 1 N–H and O–H groups in total. The third-order valence-electron chi connectivity index (χ3n) is 5.10. The molecule has 156 valence electrons. The molecule has 1 aromatic carbocycles. The van der Waals surface area contributed by atoms with Crippen LogP contribution in [0.25, 0.3) is 0 Å². The zero-order chi connectivity index (χ0) is 20.6. The van der Waals surface area contributed by atoms with Crippen LogP contribution in [-0.2, 0) is 33.8 Å². The van der Waals surface area contributed by atoms with E-state index in [1.807, 2.05) is 18.2 Å². The lowest BCUT2D eigenvalue weighted by atomic mass is 9.96. The summed E-state index contributed by atoms with van der Waals surface area (Å²) in [5, 5.41) is 4.03. The number of hydrogen-bond donors (Lipinski definition) is 1. The summed E-state index contributed by atoms with van der Waals surface area (Å²) in [4.78, 5) is 35.0. The predicted molar refractivity (Wildman–Crippen MR) is 107 cm³/mol. The number of ether oxygens (including phenoxy) is 1. The van der Waals surface area contributed by atoms with E-state index in [2.05, 4.69) is 16.4 Å². The monoisotopic (exact) mass is 400 g/mol. The minimum absolute atomic E-state index is 0.311. The lowest BCUT2D eigenvalue weighted by Crippen LogP contribution is -2.48. The summed E-state index contributed by atoms with van der Waals surface area (Å²) in [6.07, 6.45) is 6.06. The van der Waals surface area contributed by atoms with Crippen molar-refractivity contribution in [2.24, 2.45) is 0 Å². The molecule has 0 fully saturated rings. The highest BCUT2D eigenvalue weighted by atomic mass is 16.7. The van der Waals surface area contributed by atoms with E-state index < -0.39 is 6.04 Å². The second-order valence-corrected chi connectivity index (χ2v) is 7.06. The Morgan fingerprint density at radius 3 is 2.83 bits per heavy atom. The van der Waals surface area contributed by atoms with Crippen molar-refractivity contribution in [3.63, 3.8) is 0 Å². The van der Waals surface area contributed by atoms with Gasteiger partial charge < -0.3 is 14.6 Å². The second kappa shape index (κ2) is 10.2. The van der Waals surface area contributed by atoms with Crippen molar-refractivity contribution in [1.29, 1.82) is 0 Å². The van der Waals surface area contributed by atoms with Gasteiger partial charge in [0.1, 0.15) is 11.7 Å². The molecule has 2 heterocycles. The Morgan fingerprint density at radius 1 is 1.28 bits per heavy atom. The van der Waals surface area contributed by atoms with Crippen LogP contribution in [0.3, 0.4) is 0 Å². The maximum Gasteiger partial charge on any atom is 0.270 e.